The van der Waals surface area contributed by atoms with Crippen LogP contribution < -0.4 is 10.1 Å². The van der Waals surface area contributed by atoms with E-state index in [2.05, 4.69) is 15.3 Å². The molecule has 0 bridgehead atoms. The molecule has 0 atom stereocenters. The van der Waals surface area contributed by atoms with Gasteiger partial charge in [0.05, 0.1) is 11.9 Å². The van der Waals surface area contributed by atoms with Crippen LogP contribution in [0, 0.1) is 0 Å². The molecule has 0 spiro atoms. The number of hydrogen-bond donors (Lipinski definition) is 1. The van der Waals surface area contributed by atoms with Gasteiger partial charge in [0, 0.05) is 11.8 Å². The molecule has 2 aromatic carbocycles. The quantitative estimate of drug-likeness (QED) is 0.540. The van der Waals surface area contributed by atoms with Gasteiger partial charge in [-0.15, -0.1) is 0 Å². The van der Waals surface area contributed by atoms with Crippen molar-refractivity contribution in [1.82, 2.24) is 9.97 Å². The van der Waals surface area contributed by atoms with Crippen molar-refractivity contribution in [3.05, 3.63) is 85.3 Å². The highest BCUT2D eigenvalue weighted by molar-refractivity contribution is 5.74. The van der Waals surface area contributed by atoms with Gasteiger partial charge >= 0.3 is 0 Å². The number of nitrogens with zero attached hydrogens (tertiary/aromatic N) is 2. The van der Waals surface area contributed by atoms with E-state index >= 15 is 0 Å². The van der Waals surface area contributed by atoms with Gasteiger partial charge in [-0.25, -0.2) is 9.97 Å². The summed E-state index contributed by atoms with van der Waals surface area (Å²) in [6.07, 6.45) is 3.21. The van der Waals surface area contributed by atoms with Gasteiger partial charge in [0.2, 0.25) is 0 Å². The van der Waals surface area contributed by atoms with Crippen molar-refractivity contribution in [2.75, 3.05) is 5.32 Å². The Morgan fingerprint density at radius 1 is 0.840 bits per heavy atom. The van der Waals surface area contributed by atoms with Gasteiger partial charge < -0.3 is 14.5 Å². The molecule has 0 amide bonds. The molecule has 0 fully saturated rings. The maximum atomic E-state index is 5.80. The van der Waals surface area contributed by atoms with Crippen LogP contribution >= 0.6 is 0 Å². The second-order valence-electron chi connectivity index (χ2n) is 5.31. The number of nitrogens with one attached hydrogen (secondary N) is 1. The van der Waals surface area contributed by atoms with Gasteiger partial charge in [0.25, 0.3) is 5.95 Å². The molecule has 0 saturated carbocycles. The third-order valence-electron chi connectivity index (χ3n) is 3.54. The second-order valence-corrected chi connectivity index (χ2v) is 5.31. The smallest absolute Gasteiger partial charge is 0.290 e. The average Bonchev–Trinajstić information content (AvgIpc) is 3.12. The standard InChI is InChI=1S/C20H15N3O2/c1-3-7-15(8-4-1)23-17-13-21-14-22-20(17)18-11-12-19(25-18)24-16-9-5-2-6-10-16/h1-14,23H. The van der Waals surface area contributed by atoms with Crippen LogP contribution in [0.15, 0.2) is 89.7 Å². The van der Waals surface area contributed by atoms with Gasteiger partial charge in [-0.1, -0.05) is 36.4 Å². The summed E-state index contributed by atoms with van der Waals surface area (Å²) in [5.74, 6) is 1.73. The normalized spacial score (nSPS) is 10.4. The van der Waals surface area contributed by atoms with Crippen molar-refractivity contribution >= 4 is 11.4 Å². The third kappa shape index (κ3) is 3.50. The van der Waals surface area contributed by atoms with Crippen molar-refractivity contribution in [3.8, 4) is 23.1 Å². The molecule has 4 aromatic rings. The van der Waals surface area contributed by atoms with Crippen LogP contribution in [-0.4, -0.2) is 9.97 Å². The highest BCUT2D eigenvalue weighted by Gasteiger charge is 2.13. The zero-order valence-corrected chi connectivity index (χ0v) is 13.3. The molecule has 25 heavy (non-hydrogen) atoms. The summed E-state index contributed by atoms with van der Waals surface area (Å²) in [7, 11) is 0. The first-order chi connectivity index (χ1) is 12.4. The minimum absolute atomic E-state index is 0.408. The number of benzene rings is 2. The summed E-state index contributed by atoms with van der Waals surface area (Å²) >= 11 is 0. The first-order valence-electron chi connectivity index (χ1n) is 7.84. The molecule has 5 heteroatoms. The van der Waals surface area contributed by atoms with E-state index in [0.717, 1.165) is 11.4 Å². The Balaban J connectivity index is 1.60. The van der Waals surface area contributed by atoms with E-state index in [1.54, 1.807) is 12.3 Å². The molecule has 0 aliphatic heterocycles. The lowest BCUT2D eigenvalue weighted by Gasteiger charge is -2.08. The molecule has 0 aliphatic carbocycles. The van der Waals surface area contributed by atoms with Crippen molar-refractivity contribution in [3.63, 3.8) is 0 Å². The number of aromatic nitrogens is 2. The van der Waals surface area contributed by atoms with E-state index in [1.807, 2.05) is 66.7 Å². The Hall–Kier alpha value is -3.60. The van der Waals surface area contributed by atoms with Crippen LogP contribution in [0.25, 0.3) is 11.5 Å². The van der Waals surface area contributed by atoms with Crippen LogP contribution in [0.5, 0.6) is 11.7 Å². The summed E-state index contributed by atoms with van der Waals surface area (Å²) in [4.78, 5) is 8.44. The number of anilines is 2. The number of ether oxygens (including phenoxy) is 1. The summed E-state index contributed by atoms with van der Waals surface area (Å²) in [6.45, 7) is 0. The van der Waals surface area contributed by atoms with Gasteiger partial charge in [-0.2, -0.15) is 0 Å². The van der Waals surface area contributed by atoms with E-state index < -0.39 is 0 Å². The molecule has 5 nitrogen and oxygen atoms in total. The Labute approximate surface area is 144 Å². The zero-order chi connectivity index (χ0) is 16.9. The second kappa shape index (κ2) is 6.88. The molecule has 4 rings (SSSR count). The fourth-order valence-corrected chi connectivity index (χ4v) is 2.40. The maximum absolute atomic E-state index is 5.80. The molecular formula is C20H15N3O2. The summed E-state index contributed by atoms with van der Waals surface area (Å²) in [6, 6.07) is 22.9. The zero-order valence-electron chi connectivity index (χ0n) is 13.3. The van der Waals surface area contributed by atoms with Gasteiger partial charge in [0.15, 0.2) is 5.76 Å². The van der Waals surface area contributed by atoms with E-state index in [9.17, 15) is 0 Å². The van der Waals surface area contributed by atoms with Gasteiger partial charge in [-0.3, -0.25) is 0 Å². The number of rotatable bonds is 5. The minimum atomic E-state index is 0.408. The molecule has 0 radical (unpaired) electrons. The summed E-state index contributed by atoms with van der Waals surface area (Å²) in [5, 5.41) is 3.30. The topological polar surface area (TPSA) is 60.2 Å². The molecule has 122 valence electrons. The van der Waals surface area contributed by atoms with Crippen molar-refractivity contribution < 1.29 is 9.15 Å². The molecule has 0 saturated heterocycles. The average molecular weight is 329 g/mol. The fourth-order valence-electron chi connectivity index (χ4n) is 2.40. The molecule has 2 heterocycles. The first-order valence-corrected chi connectivity index (χ1v) is 7.84. The molecule has 0 aliphatic rings. The SMILES string of the molecule is c1ccc(Nc2cncnc2-c2ccc(Oc3ccccc3)o2)cc1. The van der Waals surface area contributed by atoms with Crippen LogP contribution in [0.3, 0.4) is 0 Å². The minimum Gasteiger partial charge on any atom is -0.426 e. The van der Waals surface area contributed by atoms with Crippen molar-refractivity contribution in [1.29, 1.82) is 0 Å². The molecule has 1 N–H and O–H groups in total. The van der Waals surface area contributed by atoms with E-state index in [4.69, 9.17) is 9.15 Å². The number of hydrogen-bond acceptors (Lipinski definition) is 5. The maximum Gasteiger partial charge on any atom is 0.290 e. The number of furan rings is 1. The van der Waals surface area contributed by atoms with E-state index in [0.29, 0.717) is 23.1 Å². The lowest BCUT2D eigenvalue weighted by atomic mass is 10.2. The highest BCUT2D eigenvalue weighted by atomic mass is 16.6. The third-order valence-corrected chi connectivity index (χ3v) is 3.54. The molecule has 2 aromatic heterocycles. The number of para-hydroxylation sites is 2. The van der Waals surface area contributed by atoms with Crippen LogP contribution in [-0.2, 0) is 0 Å². The lowest BCUT2D eigenvalue weighted by molar-refractivity contribution is 0.351. The van der Waals surface area contributed by atoms with Gasteiger partial charge in [-0.05, 0) is 30.3 Å². The van der Waals surface area contributed by atoms with Crippen LogP contribution in [0.4, 0.5) is 11.4 Å². The highest BCUT2D eigenvalue weighted by Crippen LogP contribution is 2.32. The van der Waals surface area contributed by atoms with Gasteiger partial charge in [0.1, 0.15) is 17.8 Å². The Bertz CT molecular complexity index is 953. The van der Waals surface area contributed by atoms with Crippen LogP contribution in [0.2, 0.25) is 0 Å². The molecular weight excluding hydrogens is 314 g/mol. The predicted octanol–water partition coefficient (Wildman–Crippen LogP) is 5.27. The van der Waals surface area contributed by atoms with Crippen molar-refractivity contribution in [2.45, 2.75) is 0 Å². The predicted molar refractivity (Wildman–Crippen MR) is 96.0 cm³/mol. The Morgan fingerprint density at radius 3 is 2.40 bits per heavy atom. The van der Waals surface area contributed by atoms with Crippen LogP contribution in [0.1, 0.15) is 0 Å². The summed E-state index contributed by atoms with van der Waals surface area (Å²) < 4.78 is 11.5. The fraction of sp³-hybridized carbons (Fsp3) is 0. The Kier molecular flexibility index (Phi) is 4.12. The summed E-state index contributed by atoms with van der Waals surface area (Å²) in [5.41, 5.74) is 2.38. The first kappa shape index (κ1) is 15.0. The molecule has 0 unspecified atom stereocenters. The van der Waals surface area contributed by atoms with E-state index in [-0.39, 0.29) is 0 Å². The largest absolute Gasteiger partial charge is 0.426 e. The lowest BCUT2D eigenvalue weighted by Crippen LogP contribution is -1.95. The monoisotopic (exact) mass is 329 g/mol. The Morgan fingerprint density at radius 2 is 1.60 bits per heavy atom. The van der Waals surface area contributed by atoms with E-state index in [1.165, 1.54) is 6.33 Å². The van der Waals surface area contributed by atoms with Crippen molar-refractivity contribution in [2.24, 2.45) is 0 Å².